The number of benzene rings is 1. The van der Waals surface area contributed by atoms with E-state index in [2.05, 4.69) is 34.3 Å². The van der Waals surface area contributed by atoms with Crippen molar-refractivity contribution in [1.29, 1.82) is 5.26 Å². The molecular formula is C31H39N5O2. The van der Waals surface area contributed by atoms with E-state index in [9.17, 15) is 10.1 Å². The third-order valence-electron chi connectivity index (χ3n) is 6.64. The van der Waals surface area contributed by atoms with E-state index in [4.69, 9.17) is 4.74 Å². The van der Waals surface area contributed by atoms with Crippen LogP contribution in [0.2, 0.25) is 0 Å². The lowest BCUT2D eigenvalue weighted by Gasteiger charge is -2.29. The monoisotopic (exact) mass is 513 g/mol. The summed E-state index contributed by atoms with van der Waals surface area (Å²) in [5.74, 6) is 0.474. The number of allylic oxidation sites excluding steroid dienone is 6. The molecule has 2 saturated carbocycles. The Bertz CT molecular complexity index is 1230. The van der Waals surface area contributed by atoms with E-state index in [0.717, 1.165) is 48.2 Å². The molecule has 2 N–H and O–H groups in total. The summed E-state index contributed by atoms with van der Waals surface area (Å²) in [6.07, 6.45) is 17.8. The smallest absolute Gasteiger partial charge is 0.411 e. The molecule has 0 radical (unpaired) electrons. The van der Waals surface area contributed by atoms with Crippen LogP contribution in [-0.2, 0) is 4.74 Å². The number of anilines is 1. The summed E-state index contributed by atoms with van der Waals surface area (Å²) in [6.45, 7) is 11.7. The van der Waals surface area contributed by atoms with E-state index in [1.54, 1.807) is 18.6 Å². The van der Waals surface area contributed by atoms with Crippen LogP contribution in [0.5, 0.6) is 0 Å². The van der Waals surface area contributed by atoms with Crippen LogP contribution < -0.4 is 10.6 Å². The van der Waals surface area contributed by atoms with Gasteiger partial charge in [0, 0.05) is 41.1 Å². The first kappa shape index (κ1) is 28.5. The Hall–Kier alpha value is -4.05. The van der Waals surface area contributed by atoms with E-state index < -0.39 is 6.09 Å². The van der Waals surface area contributed by atoms with Crippen molar-refractivity contribution in [2.45, 2.75) is 71.9 Å². The van der Waals surface area contributed by atoms with Gasteiger partial charge in [0.2, 0.25) is 0 Å². The lowest BCUT2D eigenvalue weighted by atomic mass is 9.92. The van der Waals surface area contributed by atoms with Gasteiger partial charge in [-0.3, -0.25) is 5.32 Å². The van der Waals surface area contributed by atoms with Gasteiger partial charge in [-0.1, -0.05) is 32.6 Å². The number of nitrogens with zero attached hydrogens (tertiary/aromatic N) is 3. The van der Waals surface area contributed by atoms with Crippen LogP contribution in [-0.4, -0.2) is 27.8 Å². The number of amides is 1. The van der Waals surface area contributed by atoms with Gasteiger partial charge in [0.25, 0.3) is 0 Å². The second kappa shape index (κ2) is 14.0. The Morgan fingerprint density at radius 2 is 2.03 bits per heavy atom. The molecule has 38 heavy (non-hydrogen) atoms. The Labute approximate surface area is 226 Å². The predicted molar refractivity (Wildman–Crippen MR) is 154 cm³/mol. The molecule has 7 heteroatoms. The van der Waals surface area contributed by atoms with Gasteiger partial charge in [0.1, 0.15) is 6.10 Å². The van der Waals surface area contributed by atoms with Gasteiger partial charge in [-0.25, -0.2) is 9.78 Å². The van der Waals surface area contributed by atoms with Crippen LogP contribution in [0, 0.1) is 17.2 Å². The first-order valence-electron chi connectivity index (χ1n) is 13.5. The zero-order valence-electron chi connectivity index (χ0n) is 22.9. The van der Waals surface area contributed by atoms with Crippen LogP contribution in [0.3, 0.4) is 0 Å². The lowest BCUT2D eigenvalue weighted by molar-refractivity contribution is 0.0980. The third kappa shape index (κ3) is 7.97. The Morgan fingerprint density at radius 1 is 1.26 bits per heavy atom. The number of rotatable bonds is 10. The second-order valence-electron chi connectivity index (χ2n) is 9.36. The minimum Gasteiger partial charge on any atom is -0.446 e. The van der Waals surface area contributed by atoms with Gasteiger partial charge in [-0.15, -0.1) is 0 Å². The van der Waals surface area contributed by atoms with Gasteiger partial charge in [-0.05, 0) is 87.8 Å². The lowest BCUT2D eigenvalue weighted by Crippen LogP contribution is -2.27. The average Bonchev–Trinajstić information content (AvgIpc) is 3.62. The van der Waals surface area contributed by atoms with Crippen molar-refractivity contribution >= 4 is 17.4 Å². The zero-order valence-corrected chi connectivity index (χ0v) is 22.9. The number of carbonyl (C=O) groups excluding carboxylic acids is 1. The molecular weight excluding hydrogens is 474 g/mol. The highest BCUT2D eigenvalue weighted by atomic mass is 16.6. The van der Waals surface area contributed by atoms with Crippen molar-refractivity contribution in [3.8, 4) is 11.8 Å². The van der Waals surface area contributed by atoms with Gasteiger partial charge >= 0.3 is 6.09 Å². The maximum atomic E-state index is 12.1. The van der Waals surface area contributed by atoms with E-state index in [1.807, 2.05) is 68.8 Å². The largest absolute Gasteiger partial charge is 0.446 e. The van der Waals surface area contributed by atoms with Crippen LogP contribution in [0.4, 0.5) is 10.5 Å². The summed E-state index contributed by atoms with van der Waals surface area (Å²) in [5, 5.41) is 16.3. The number of imidazole rings is 1. The maximum Gasteiger partial charge on any atom is 0.411 e. The van der Waals surface area contributed by atoms with Crippen molar-refractivity contribution in [3.05, 3.63) is 84.6 Å². The second-order valence-corrected chi connectivity index (χ2v) is 9.36. The Balaban J connectivity index is 0.00000195. The molecule has 1 atom stereocenters. The highest BCUT2D eigenvalue weighted by Crippen LogP contribution is 2.34. The summed E-state index contributed by atoms with van der Waals surface area (Å²) in [7, 11) is 0. The van der Waals surface area contributed by atoms with Crippen LogP contribution in [0.25, 0.3) is 11.3 Å². The normalized spacial score (nSPS) is 16.5. The molecule has 2 fully saturated rings. The zero-order chi connectivity index (χ0) is 27.5. The summed E-state index contributed by atoms with van der Waals surface area (Å²) < 4.78 is 7.33. The van der Waals surface area contributed by atoms with E-state index in [0.29, 0.717) is 23.2 Å². The summed E-state index contributed by atoms with van der Waals surface area (Å²) in [5.41, 5.74) is 4.54. The van der Waals surface area contributed by atoms with Crippen LogP contribution in [0.1, 0.15) is 65.4 Å². The topological polar surface area (TPSA) is 92.0 Å². The highest BCUT2D eigenvalue weighted by Gasteiger charge is 2.30. The SMILES string of the molecule is C=C(\C=C/C(/C=C(\C#N)c1ccc(-n2ccnc2)cc1NC1CCC1)=C\C)NC(=O)O[C@H](C)C1CC1.CC. The number of nitriles is 1. The van der Waals surface area contributed by atoms with E-state index in [1.165, 1.54) is 6.42 Å². The molecule has 0 saturated heterocycles. The number of aromatic nitrogens is 2. The molecule has 1 heterocycles. The van der Waals surface area contributed by atoms with Gasteiger partial charge in [0.15, 0.2) is 0 Å². The van der Waals surface area contributed by atoms with Gasteiger partial charge in [0.05, 0.1) is 18.0 Å². The molecule has 0 spiro atoms. The number of carbonyl (C=O) groups is 1. The highest BCUT2D eigenvalue weighted by molar-refractivity contribution is 5.87. The molecule has 1 aromatic carbocycles. The summed E-state index contributed by atoms with van der Waals surface area (Å²) in [4.78, 5) is 16.2. The van der Waals surface area contributed by atoms with Crippen molar-refractivity contribution in [2.24, 2.45) is 5.92 Å². The molecule has 7 nitrogen and oxygen atoms in total. The fourth-order valence-electron chi connectivity index (χ4n) is 4.03. The van der Waals surface area contributed by atoms with Crippen molar-refractivity contribution in [2.75, 3.05) is 5.32 Å². The maximum absolute atomic E-state index is 12.1. The molecule has 0 unspecified atom stereocenters. The first-order chi connectivity index (χ1) is 18.5. The van der Waals surface area contributed by atoms with Gasteiger partial charge in [-0.2, -0.15) is 5.26 Å². The van der Waals surface area contributed by atoms with Crippen LogP contribution >= 0.6 is 0 Å². The number of alkyl carbamates (subject to hydrolysis) is 1. The molecule has 2 aromatic rings. The number of ether oxygens (including phenoxy) is 1. The molecule has 1 aromatic heterocycles. The van der Waals surface area contributed by atoms with E-state index in [-0.39, 0.29) is 6.10 Å². The number of nitrogens with one attached hydrogen (secondary N) is 2. The minimum absolute atomic E-state index is 0.0862. The third-order valence-corrected chi connectivity index (χ3v) is 6.64. The molecule has 0 bridgehead atoms. The van der Waals surface area contributed by atoms with Crippen LogP contribution in [0.15, 0.2) is 79.1 Å². The Kier molecular flexibility index (Phi) is 10.5. The quantitative estimate of drug-likeness (QED) is 0.257. The molecule has 4 rings (SSSR count). The van der Waals surface area contributed by atoms with Crippen molar-refractivity contribution < 1.29 is 9.53 Å². The molecule has 1 amide bonds. The predicted octanol–water partition coefficient (Wildman–Crippen LogP) is 7.31. The van der Waals surface area contributed by atoms with Gasteiger partial charge < -0.3 is 14.6 Å². The summed E-state index contributed by atoms with van der Waals surface area (Å²) >= 11 is 0. The molecule has 2 aliphatic carbocycles. The number of hydrogen-bond acceptors (Lipinski definition) is 5. The standard InChI is InChI=1S/C29H33N5O2.C2H6/c1-4-22(9-8-20(2)32-29(35)36-21(3)23-10-11-23)16-24(18-30)27-13-12-26(34-15-14-31-19-34)17-28(27)33-25-6-5-7-25;1-2/h4,8-9,12-17,19,21,23,25,33H,2,5-7,10-11H2,1,3H3,(H,32,35);1-2H3/b9-8-,22-4+,24-16+;/t21-;/m1./s1. The van der Waals surface area contributed by atoms with Crippen molar-refractivity contribution in [1.82, 2.24) is 14.9 Å². The van der Waals surface area contributed by atoms with Crippen molar-refractivity contribution in [3.63, 3.8) is 0 Å². The molecule has 2 aliphatic rings. The minimum atomic E-state index is -0.496. The summed E-state index contributed by atoms with van der Waals surface area (Å²) in [6, 6.07) is 8.80. The molecule has 0 aliphatic heterocycles. The number of hydrogen-bond donors (Lipinski definition) is 2. The first-order valence-corrected chi connectivity index (χ1v) is 13.5. The fourth-order valence-corrected chi connectivity index (χ4v) is 4.03. The molecule has 200 valence electrons. The van der Waals surface area contributed by atoms with E-state index >= 15 is 0 Å². The fraction of sp³-hybridized carbons (Fsp3) is 0.387. The average molecular weight is 514 g/mol. The Morgan fingerprint density at radius 3 is 2.61 bits per heavy atom.